The van der Waals surface area contributed by atoms with Crippen LogP contribution in [0, 0.1) is 5.92 Å². The van der Waals surface area contributed by atoms with Crippen molar-refractivity contribution < 1.29 is 14.2 Å². The maximum Gasteiger partial charge on any atom is 0.124 e. The molecule has 4 unspecified atom stereocenters. The third kappa shape index (κ3) is 3.07. The summed E-state index contributed by atoms with van der Waals surface area (Å²) in [4.78, 5) is 0. The van der Waals surface area contributed by atoms with E-state index in [1.807, 2.05) is 19.2 Å². The molecule has 0 aromatic heterocycles. The predicted octanol–water partition coefficient (Wildman–Crippen LogP) is 2.54. The monoisotopic (exact) mass is 291 g/mol. The minimum absolute atomic E-state index is 0.291. The molecule has 116 valence electrons. The van der Waals surface area contributed by atoms with Gasteiger partial charge in [0.1, 0.15) is 12.4 Å². The number of benzene rings is 1. The molecule has 3 rings (SSSR count). The molecule has 2 bridgehead atoms. The van der Waals surface area contributed by atoms with Gasteiger partial charge in [-0.15, -0.1) is 0 Å². The molecule has 21 heavy (non-hydrogen) atoms. The van der Waals surface area contributed by atoms with Crippen molar-refractivity contribution in [3.05, 3.63) is 29.8 Å². The molecular formula is C17H25NO3. The van der Waals surface area contributed by atoms with Crippen molar-refractivity contribution in [2.24, 2.45) is 5.92 Å². The van der Waals surface area contributed by atoms with Gasteiger partial charge in [0.15, 0.2) is 0 Å². The van der Waals surface area contributed by atoms with Gasteiger partial charge in [0.25, 0.3) is 0 Å². The van der Waals surface area contributed by atoms with Crippen LogP contribution >= 0.6 is 0 Å². The smallest absolute Gasteiger partial charge is 0.124 e. The number of nitrogens with one attached hydrogen (secondary N) is 1. The summed E-state index contributed by atoms with van der Waals surface area (Å²) < 4.78 is 17.0. The fourth-order valence-electron chi connectivity index (χ4n) is 3.73. The van der Waals surface area contributed by atoms with Crippen LogP contribution in [-0.2, 0) is 9.47 Å². The summed E-state index contributed by atoms with van der Waals surface area (Å²) in [6.07, 6.45) is 4.45. The van der Waals surface area contributed by atoms with Crippen LogP contribution in [0.15, 0.2) is 24.3 Å². The molecule has 0 saturated carbocycles. The molecule has 0 spiro atoms. The zero-order valence-electron chi connectivity index (χ0n) is 12.9. The normalized spacial score (nSPS) is 28.8. The van der Waals surface area contributed by atoms with E-state index in [2.05, 4.69) is 17.4 Å². The summed E-state index contributed by atoms with van der Waals surface area (Å²) >= 11 is 0. The van der Waals surface area contributed by atoms with Gasteiger partial charge in [-0.2, -0.15) is 0 Å². The SMILES string of the molecule is CNC(c1ccccc1OCCOC)C1CC2CCC1O2. The Kier molecular flexibility index (Phi) is 4.78. The highest BCUT2D eigenvalue weighted by Gasteiger charge is 2.44. The molecule has 1 aromatic carbocycles. The fourth-order valence-corrected chi connectivity index (χ4v) is 3.73. The van der Waals surface area contributed by atoms with Crippen LogP contribution in [0.1, 0.15) is 30.9 Å². The number of hydrogen-bond donors (Lipinski definition) is 1. The van der Waals surface area contributed by atoms with E-state index in [4.69, 9.17) is 14.2 Å². The Balaban J connectivity index is 1.77. The summed E-state index contributed by atoms with van der Waals surface area (Å²) in [7, 11) is 3.72. The van der Waals surface area contributed by atoms with Crippen molar-refractivity contribution in [1.29, 1.82) is 0 Å². The number of ether oxygens (including phenoxy) is 3. The van der Waals surface area contributed by atoms with E-state index in [-0.39, 0.29) is 0 Å². The second kappa shape index (κ2) is 6.77. The Hall–Kier alpha value is -1.10. The summed E-state index contributed by atoms with van der Waals surface area (Å²) in [6.45, 7) is 1.19. The molecule has 4 atom stereocenters. The van der Waals surface area contributed by atoms with Crippen molar-refractivity contribution in [2.75, 3.05) is 27.4 Å². The highest BCUT2D eigenvalue weighted by atomic mass is 16.5. The number of methoxy groups -OCH3 is 1. The van der Waals surface area contributed by atoms with Gasteiger partial charge in [-0.3, -0.25) is 0 Å². The van der Waals surface area contributed by atoms with Crippen LogP contribution in [0.5, 0.6) is 5.75 Å². The van der Waals surface area contributed by atoms with Crippen molar-refractivity contribution in [3.63, 3.8) is 0 Å². The van der Waals surface area contributed by atoms with Crippen LogP contribution < -0.4 is 10.1 Å². The molecule has 0 radical (unpaired) electrons. The van der Waals surface area contributed by atoms with Gasteiger partial charge in [0.2, 0.25) is 0 Å². The molecule has 2 aliphatic rings. The minimum atomic E-state index is 0.291. The lowest BCUT2D eigenvalue weighted by molar-refractivity contribution is 0.0858. The molecule has 4 nitrogen and oxygen atoms in total. The van der Waals surface area contributed by atoms with E-state index >= 15 is 0 Å². The molecule has 0 aliphatic carbocycles. The first kappa shape index (κ1) is 14.8. The van der Waals surface area contributed by atoms with Crippen molar-refractivity contribution in [2.45, 2.75) is 37.5 Å². The zero-order chi connectivity index (χ0) is 14.7. The van der Waals surface area contributed by atoms with E-state index in [0.29, 0.717) is 37.4 Å². The van der Waals surface area contributed by atoms with Crippen molar-refractivity contribution >= 4 is 0 Å². The molecule has 0 amide bonds. The minimum Gasteiger partial charge on any atom is -0.491 e. The molecule has 2 aliphatic heterocycles. The van der Waals surface area contributed by atoms with Crippen LogP contribution in [0.2, 0.25) is 0 Å². The van der Waals surface area contributed by atoms with Gasteiger partial charge in [-0.05, 0) is 32.4 Å². The standard InChI is InChI=1S/C17H25NO3/c1-18-17(14-11-12-7-8-16(14)21-12)13-5-3-4-6-15(13)20-10-9-19-2/h3-6,12,14,16-18H,7-11H2,1-2H3. The van der Waals surface area contributed by atoms with E-state index in [1.165, 1.54) is 18.4 Å². The Morgan fingerprint density at radius 1 is 1.29 bits per heavy atom. The molecule has 1 N–H and O–H groups in total. The molecule has 2 saturated heterocycles. The quantitative estimate of drug-likeness (QED) is 0.784. The lowest BCUT2D eigenvalue weighted by atomic mass is 9.81. The van der Waals surface area contributed by atoms with Crippen molar-refractivity contribution in [3.8, 4) is 5.75 Å². The average Bonchev–Trinajstić information content (AvgIpc) is 3.13. The Morgan fingerprint density at radius 2 is 2.14 bits per heavy atom. The number of hydrogen-bond acceptors (Lipinski definition) is 4. The average molecular weight is 291 g/mol. The third-order valence-corrected chi connectivity index (χ3v) is 4.69. The van der Waals surface area contributed by atoms with Crippen LogP contribution in [0.25, 0.3) is 0 Å². The lowest BCUT2D eigenvalue weighted by Gasteiger charge is -2.29. The van der Waals surface area contributed by atoms with Gasteiger partial charge in [0.05, 0.1) is 18.8 Å². The molecule has 2 heterocycles. The zero-order valence-corrected chi connectivity index (χ0v) is 12.9. The molecule has 2 fully saturated rings. The maximum absolute atomic E-state index is 6.03. The lowest BCUT2D eigenvalue weighted by Crippen LogP contribution is -2.32. The van der Waals surface area contributed by atoms with Gasteiger partial charge in [-0.1, -0.05) is 18.2 Å². The second-order valence-corrected chi connectivity index (χ2v) is 5.92. The molecular weight excluding hydrogens is 266 g/mol. The van der Waals surface area contributed by atoms with E-state index in [0.717, 1.165) is 12.2 Å². The predicted molar refractivity (Wildman–Crippen MR) is 81.6 cm³/mol. The Morgan fingerprint density at radius 3 is 2.81 bits per heavy atom. The number of para-hydroxylation sites is 1. The number of fused-ring (bicyclic) bond motifs is 2. The topological polar surface area (TPSA) is 39.7 Å². The Labute approximate surface area is 126 Å². The fraction of sp³-hybridized carbons (Fsp3) is 0.647. The van der Waals surface area contributed by atoms with Gasteiger partial charge >= 0.3 is 0 Å². The molecule has 4 heteroatoms. The number of rotatable bonds is 7. The molecule has 1 aromatic rings. The van der Waals surface area contributed by atoms with Gasteiger partial charge in [-0.25, -0.2) is 0 Å². The van der Waals surface area contributed by atoms with Gasteiger partial charge in [0, 0.05) is 24.6 Å². The maximum atomic E-state index is 6.03. The second-order valence-electron chi connectivity index (χ2n) is 5.92. The van der Waals surface area contributed by atoms with Crippen LogP contribution in [0.4, 0.5) is 0 Å². The summed E-state index contributed by atoms with van der Waals surface area (Å²) in [5.74, 6) is 1.50. The van der Waals surface area contributed by atoms with Crippen LogP contribution in [0.3, 0.4) is 0 Å². The van der Waals surface area contributed by atoms with Gasteiger partial charge < -0.3 is 19.5 Å². The van der Waals surface area contributed by atoms with Crippen LogP contribution in [-0.4, -0.2) is 39.6 Å². The largest absolute Gasteiger partial charge is 0.491 e. The highest BCUT2D eigenvalue weighted by Crippen LogP contribution is 2.45. The third-order valence-electron chi connectivity index (χ3n) is 4.69. The Bertz CT molecular complexity index is 465. The first-order chi connectivity index (χ1) is 10.3. The highest BCUT2D eigenvalue weighted by molar-refractivity contribution is 5.37. The summed E-state index contributed by atoms with van der Waals surface area (Å²) in [5, 5.41) is 3.48. The first-order valence-electron chi connectivity index (χ1n) is 7.87. The van der Waals surface area contributed by atoms with E-state index in [9.17, 15) is 0 Å². The first-order valence-corrected chi connectivity index (χ1v) is 7.87. The summed E-state index contributed by atoms with van der Waals surface area (Å²) in [5.41, 5.74) is 1.23. The summed E-state index contributed by atoms with van der Waals surface area (Å²) in [6, 6.07) is 8.60. The van der Waals surface area contributed by atoms with Crippen molar-refractivity contribution in [1.82, 2.24) is 5.32 Å². The van der Waals surface area contributed by atoms with E-state index in [1.54, 1.807) is 7.11 Å². The van der Waals surface area contributed by atoms with E-state index < -0.39 is 0 Å².